The van der Waals surface area contributed by atoms with Crippen LogP contribution in [0.4, 0.5) is 21.6 Å². The Morgan fingerprint density at radius 1 is 1.29 bits per heavy atom. The summed E-state index contributed by atoms with van der Waals surface area (Å²) >= 11 is 11.5. The minimum absolute atomic E-state index is 0.0150. The Morgan fingerprint density at radius 3 is 2.82 bits per heavy atom. The number of halogens is 3. The van der Waals surface area contributed by atoms with Crippen molar-refractivity contribution < 1.29 is 4.39 Å². The first kappa shape index (κ1) is 11.9. The molecule has 0 saturated carbocycles. The molecule has 0 spiro atoms. The molecule has 0 radical (unpaired) electrons. The Balaban J connectivity index is 2.37. The summed E-state index contributed by atoms with van der Waals surface area (Å²) in [6, 6.07) is 4.13. The molecule has 0 unspecified atom stereocenters. The highest BCUT2D eigenvalue weighted by atomic mass is 35.5. The number of rotatable bonds is 2. The molecular weight excluding hydrogens is 266 g/mol. The van der Waals surface area contributed by atoms with Crippen LogP contribution in [0.5, 0.6) is 0 Å². The van der Waals surface area contributed by atoms with Crippen molar-refractivity contribution in [2.45, 2.75) is 0 Å². The van der Waals surface area contributed by atoms with E-state index < -0.39 is 5.82 Å². The first-order valence-electron chi connectivity index (χ1n) is 4.56. The maximum Gasteiger partial charge on any atom is 0.224 e. The molecule has 0 atom stereocenters. The summed E-state index contributed by atoms with van der Waals surface area (Å²) in [4.78, 5) is 7.53. The van der Waals surface area contributed by atoms with E-state index in [2.05, 4.69) is 15.3 Å². The summed E-state index contributed by atoms with van der Waals surface area (Å²) in [5, 5.41) is 2.95. The molecule has 1 heterocycles. The predicted molar refractivity (Wildman–Crippen MR) is 66.1 cm³/mol. The topological polar surface area (TPSA) is 63.8 Å². The number of nitrogens with zero attached hydrogens (tertiary/aromatic N) is 2. The number of nitrogens with two attached hydrogens (primary N) is 1. The van der Waals surface area contributed by atoms with Gasteiger partial charge in [0.05, 0.1) is 11.9 Å². The molecule has 2 rings (SSSR count). The highest BCUT2D eigenvalue weighted by molar-refractivity contribution is 6.33. The number of hydrogen-bond acceptors (Lipinski definition) is 4. The minimum atomic E-state index is -0.468. The second-order valence-electron chi connectivity index (χ2n) is 3.20. The van der Waals surface area contributed by atoms with Crippen LogP contribution in [0.25, 0.3) is 0 Å². The van der Waals surface area contributed by atoms with Crippen molar-refractivity contribution in [2.75, 3.05) is 11.1 Å². The van der Waals surface area contributed by atoms with Gasteiger partial charge >= 0.3 is 0 Å². The molecule has 3 N–H and O–H groups in total. The van der Waals surface area contributed by atoms with Crippen molar-refractivity contribution in [3.63, 3.8) is 0 Å². The van der Waals surface area contributed by atoms with Gasteiger partial charge in [-0.3, -0.25) is 0 Å². The third kappa shape index (κ3) is 2.75. The van der Waals surface area contributed by atoms with Crippen LogP contribution < -0.4 is 11.1 Å². The van der Waals surface area contributed by atoms with Crippen LogP contribution in [-0.2, 0) is 0 Å². The van der Waals surface area contributed by atoms with Gasteiger partial charge in [0.15, 0.2) is 5.82 Å². The van der Waals surface area contributed by atoms with Crippen molar-refractivity contribution in [3.05, 3.63) is 40.5 Å². The van der Waals surface area contributed by atoms with Crippen LogP contribution >= 0.6 is 23.2 Å². The van der Waals surface area contributed by atoms with Crippen molar-refractivity contribution in [1.29, 1.82) is 0 Å². The second kappa shape index (κ2) is 4.73. The second-order valence-corrected chi connectivity index (χ2v) is 3.95. The highest BCUT2D eigenvalue weighted by Gasteiger charge is 2.08. The van der Waals surface area contributed by atoms with E-state index in [1.165, 1.54) is 24.4 Å². The highest BCUT2D eigenvalue weighted by Crippen LogP contribution is 2.26. The molecule has 0 aliphatic heterocycles. The van der Waals surface area contributed by atoms with E-state index in [9.17, 15) is 4.39 Å². The lowest BCUT2D eigenvalue weighted by atomic mass is 10.2. The van der Waals surface area contributed by atoms with Gasteiger partial charge in [0, 0.05) is 5.69 Å². The molecule has 17 heavy (non-hydrogen) atoms. The first-order valence-corrected chi connectivity index (χ1v) is 5.32. The van der Waals surface area contributed by atoms with Crippen molar-refractivity contribution >= 4 is 40.4 Å². The maximum absolute atomic E-state index is 13.5. The van der Waals surface area contributed by atoms with Gasteiger partial charge in [0.25, 0.3) is 0 Å². The van der Waals surface area contributed by atoms with Gasteiger partial charge < -0.3 is 11.1 Å². The third-order valence-electron chi connectivity index (χ3n) is 1.96. The molecule has 0 amide bonds. The first-order chi connectivity index (χ1) is 8.06. The van der Waals surface area contributed by atoms with Crippen LogP contribution in [0.15, 0.2) is 24.4 Å². The fourth-order valence-electron chi connectivity index (χ4n) is 1.20. The summed E-state index contributed by atoms with van der Waals surface area (Å²) < 4.78 is 13.5. The maximum atomic E-state index is 13.5. The monoisotopic (exact) mass is 272 g/mol. The van der Waals surface area contributed by atoms with Gasteiger partial charge in [-0.1, -0.05) is 11.6 Å². The zero-order chi connectivity index (χ0) is 12.4. The predicted octanol–water partition coefficient (Wildman–Crippen LogP) is 3.25. The Morgan fingerprint density at radius 2 is 2.06 bits per heavy atom. The van der Waals surface area contributed by atoms with Gasteiger partial charge in [0.2, 0.25) is 5.28 Å². The molecule has 1 aromatic heterocycles. The molecule has 0 aliphatic carbocycles. The van der Waals surface area contributed by atoms with Gasteiger partial charge in [0.1, 0.15) is 10.8 Å². The van der Waals surface area contributed by atoms with E-state index in [1.54, 1.807) is 0 Å². The summed E-state index contributed by atoms with van der Waals surface area (Å²) in [5.74, 6) is -0.249. The number of benzene rings is 1. The average Bonchev–Trinajstić information content (AvgIpc) is 2.28. The Kier molecular flexibility index (Phi) is 3.31. The van der Waals surface area contributed by atoms with Crippen LogP contribution in [0, 0.1) is 5.82 Å². The number of nitrogens with one attached hydrogen (secondary N) is 1. The van der Waals surface area contributed by atoms with Crippen LogP contribution in [-0.4, -0.2) is 9.97 Å². The van der Waals surface area contributed by atoms with E-state index >= 15 is 0 Å². The van der Waals surface area contributed by atoms with Gasteiger partial charge in [-0.15, -0.1) is 0 Å². The SMILES string of the molecule is Nc1ccc(F)c(Nc2nc(Cl)ncc2Cl)c1. The normalized spacial score (nSPS) is 10.3. The van der Waals surface area contributed by atoms with Gasteiger partial charge in [-0.25, -0.2) is 9.37 Å². The standard InChI is InChI=1S/C10H7Cl2FN4/c11-6-4-15-10(12)17-9(6)16-8-3-5(14)1-2-7(8)13/h1-4H,14H2,(H,15,16,17). The molecule has 1 aromatic carbocycles. The molecule has 4 nitrogen and oxygen atoms in total. The molecule has 88 valence electrons. The molecule has 0 aliphatic rings. The van der Waals surface area contributed by atoms with Crippen LogP contribution in [0.1, 0.15) is 0 Å². The molecular formula is C10H7Cl2FN4. The van der Waals surface area contributed by atoms with E-state index in [0.717, 1.165) is 0 Å². The lowest BCUT2D eigenvalue weighted by Gasteiger charge is -2.08. The molecule has 0 saturated heterocycles. The fourth-order valence-corrected chi connectivity index (χ4v) is 1.47. The molecule has 7 heteroatoms. The van der Waals surface area contributed by atoms with Crippen LogP contribution in [0.3, 0.4) is 0 Å². The van der Waals surface area contributed by atoms with Gasteiger partial charge in [-0.2, -0.15) is 4.98 Å². The van der Waals surface area contributed by atoms with E-state index in [0.29, 0.717) is 5.69 Å². The Bertz CT molecular complexity index is 512. The quantitative estimate of drug-likeness (QED) is 0.651. The van der Waals surface area contributed by atoms with Crippen molar-refractivity contribution in [1.82, 2.24) is 9.97 Å². The lowest BCUT2D eigenvalue weighted by Crippen LogP contribution is -1.99. The Hall–Kier alpha value is -1.59. The van der Waals surface area contributed by atoms with Crippen molar-refractivity contribution in [2.24, 2.45) is 0 Å². The van der Waals surface area contributed by atoms with E-state index in [-0.39, 0.29) is 21.8 Å². The summed E-state index contributed by atoms with van der Waals surface area (Å²) in [6.07, 6.45) is 1.32. The fraction of sp³-hybridized carbons (Fsp3) is 0. The van der Waals surface area contributed by atoms with E-state index in [1.807, 2.05) is 0 Å². The molecule has 2 aromatic rings. The zero-order valence-corrected chi connectivity index (χ0v) is 9.93. The molecule has 0 fully saturated rings. The minimum Gasteiger partial charge on any atom is -0.399 e. The van der Waals surface area contributed by atoms with E-state index in [4.69, 9.17) is 28.9 Å². The number of aromatic nitrogens is 2. The zero-order valence-electron chi connectivity index (χ0n) is 8.42. The lowest BCUT2D eigenvalue weighted by molar-refractivity contribution is 0.632. The largest absolute Gasteiger partial charge is 0.399 e. The summed E-state index contributed by atoms with van der Waals surface area (Å²) in [5.41, 5.74) is 6.14. The smallest absolute Gasteiger partial charge is 0.224 e. The molecule has 0 bridgehead atoms. The average molecular weight is 273 g/mol. The van der Waals surface area contributed by atoms with Crippen molar-refractivity contribution in [3.8, 4) is 0 Å². The third-order valence-corrected chi connectivity index (χ3v) is 2.42. The number of anilines is 3. The van der Waals surface area contributed by atoms with Crippen LogP contribution in [0.2, 0.25) is 10.3 Å². The number of nitrogen functional groups attached to an aromatic ring is 1. The van der Waals surface area contributed by atoms with Gasteiger partial charge in [-0.05, 0) is 29.8 Å². The summed E-state index contributed by atoms with van der Waals surface area (Å²) in [6.45, 7) is 0. The summed E-state index contributed by atoms with van der Waals surface area (Å²) in [7, 11) is 0. The number of hydrogen-bond donors (Lipinski definition) is 2. The Labute approximate surface area is 107 Å².